The standard InChI is InChI=1S/C60H52N6O4/c1-40-17-12-13-30-54(40)63-64-55-41(2)61-65-60(55)66-62-53-35-51-33-49-28-15-26-47(58(49)69-38-43-20-8-4-9-21-43)31-45-24-14-25-46(57(45)68-37-42-18-6-3-7-19-42)32-48-27-16-29-50(34-52(36-53)56(51)67)59(48)70-39-44-22-10-5-11-23-44/h3-30,35-36,67H,31-34,37-39H2,1-2H3,(H,61,65). The molecule has 0 unspecified atom stereocenters. The highest BCUT2D eigenvalue weighted by atomic mass is 16.5. The number of H-pyrrole nitrogens is 1. The first-order valence-electron chi connectivity index (χ1n) is 23.5. The lowest BCUT2D eigenvalue weighted by molar-refractivity contribution is 0.295. The normalized spacial score (nSPS) is 12.3. The van der Waals surface area contributed by atoms with Gasteiger partial charge in [0, 0.05) is 36.8 Å². The van der Waals surface area contributed by atoms with Gasteiger partial charge in [-0.1, -0.05) is 164 Å². The number of aromatic hydroxyl groups is 1. The molecule has 1 aliphatic carbocycles. The molecule has 8 aromatic carbocycles. The summed E-state index contributed by atoms with van der Waals surface area (Å²) >= 11 is 0. The quantitative estimate of drug-likeness (QED) is 0.111. The molecular weight excluding hydrogens is 869 g/mol. The Balaban J connectivity index is 1.11. The Morgan fingerprint density at radius 2 is 0.843 bits per heavy atom. The van der Waals surface area contributed by atoms with Crippen molar-refractivity contribution in [2.45, 2.75) is 59.4 Å². The van der Waals surface area contributed by atoms with E-state index in [1.54, 1.807) is 0 Å². The Labute approximate surface area is 408 Å². The van der Waals surface area contributed by atoms with Crippen LogP contribution in [0.3, 0.4) is 0 Å². The van der Waals surface area contributed by atoms with Gasteiger partial charge in [0.1, 0.15) is 42.8 Å². The van der Waals surface area contributed by atoms with E-state index in [4.69, 9.17) is 19.3 Å². The zero-order valence-electron chi connectivity index (χ0n) is 39.2. The van der Waals surface area contributed by atoms with E-state index in [0.717, 1.165) is 78.6 Å². The van der Waals surface area contributed by atoms with E-state index in [2.05, 4.69) is 117 Å². The summed E-state index contributed by atoms with van der Waals surface area (Å²) in [5.74, 6) is 2.80. The maximum atomic E-state index is 12.5. The smallest absolute Gasteiger partial charge is 0.223 e. The topological polar surface area (TPSA) is 126 Å². The van der Waals surface area contributed by atoms with Gasteiger partial charge in [0.25, 0.3) is 0 Å². The van der Waals surface area contributed by atoms with E-state index in [-0.39, 0.29) is 5.75 Å². The second-order valence-electron chi connectivity index (χ2n) is 17.6. The number of rotatable bonds is 13. The lowest BCUT2D eigenvalue weighted by Gasteiger charge is -2.22. The molecule has 0 saturated heterocycles. The van der Waals surface area contributed by atoms with E-state index in [1.807, 2.05) is 105 Å². The molecule has 1 aromatic heterocycles. The number of phenols is 1. The fourth-order valence-corrected chi connectivity index (χ4v) is 8.87. The van der Waals surface area contributed by atoms with Gasteiger partial charge in [0.2, 0.25) is 5.82 Å². The molecule has 10 nitrogen and oxygen atoms in total. The maximum Gasteiger partial charge on any atom is 0.223 e. The van der Waals surface area contributed by atoms with Crippen molar-refractivity contribution in [3.05, 3.63) is 254 Å². The van der Waals surface area contributed by atoms with Crippen molar-refractivity contribution in [1.29, 1.82) is 0 Å². The van der Waals surface area contributed by atoms with Gasteiger partial charge >= 0.3 is 0 Å². The summed E-state index contributed by atoms with van der Waals surface area (Å²) in [4.78, 5) is 0. The van der Waals surface area contributed by atoms with Gasteiger partial charge in [-0.25, -0.2) is 0 Å². The first-order valence-corrected chi connectivity index (χ1v) is 23.5. The van der Waals surface area contributed by atoms with Crippen LogP contribution in [-0.2, 0) is 45.5 Å². The highest BCUT2D eigenvalue weighted by molar-refractivity contribution is 5.62. The first-order chi connectivity index (χ1) is 34.4. The highest BCUT2D eigenvalue weighted by Gasteiger charge is 2.22. The Hall–Kier alpha value is -8.63. The molecule has 0 spiro atoms. The molecule has 346 valence electrons. The van der Waals surface area contributed by atoms with Crippen LogP contribution in [-0.4, -0.2) is 15.3 Å². The summed E-state index contributed by atoms with van der Waals surface area (Å²) in [5.41, 5.74) is 13.9. The van der Waals surface area contributed by atoms with Gasteiger partial charge in [-0.05, 0) is 87.7 Å². The van der Waals surface area contributed by atoms with Gasteiger partial charge < -0.3 is 19.3 Å². The van der Waals surface area contributed by atoms with Crippen molar-refractivity contribution in [1.82, 2.24) is 10.2 Å². The predicted octanol–water partition coefficient (Wildman–Crippen LogP) is 15.0. The van der Waals surface area contributed by atoms with Gasteiger partial charge in [-0.15, -0.1) is 15.3 Å². The molecule has 10 heteroatoms. The monoisotopic (exact) mass is 920 g/mol. The molecule has 0 fully saturated rings. The van der Waals surface area contributed by atoms with Crippen LogP contribution >= 0.6 is 0 Å². The average molecular weight is 921 g/mol. The number of hydrogen-bond donors (Lipinski definition) is 2. The molecule has 2 N–H and O–H groups in total. The molecule has 8 bridgehead atoms. The van der Waals surface area contributed by atoms with Gasteiger partial charge in [0.05, 0.1) is 17.1 Å². The van der Waals surface area contributed by atoms with Crippen LogP contribution in [0.1, 0.15) is 72.5 Å². The summed E-state index contributed by atoms with van der Waals surface area (Å²) in [6, 6.07) is 61.1. The Kier molecular flexibility index (Phi) is 13.6. The Bertz CT molecular complexity index is 3180. The number of benzene rings is 8. The van der Waals surface area contributed by atoms with Crippen molar-refractivity contribution >= 4 is 22.9 Å². The van der Waals surface area contributed by atoms with Crippen LogP contribution in [0.5, 0.6) is 23.0 Å². The summed E-state index contributed by atoms with van der Waals surface area (Å²) < 4.78 is 20.6. The summed E-state index contributed by atoms with van der Waals surface area (Å²) in [6.07, 6.45) is 1.75. The molecule has 1 aliphatic rings. The zero-order valence-corrected chi connectivity index (χ0v) is 39.2. The van der Waals surface area contributed by atoms with Crippen molar-refractivity contribution in [3.63, 3.8) is 0 Å². The number of fused-ring (bicyclic) bond motifs is 8. The Morgan fingerprint density at radius 3 is 1.27 bits per heavy atom. The van der Waals surface area contributed by atoms with Gasteiger partial charge in [-0.3, -0.25) is 5.10 Å². The lowest BCUT2D eigenvalue weighted by Crippen LogP contribution is -2.08. The fraction of sp³-hybridized carbons (Fsp3) is 0.150. The SMILES string of the molecule is Cc1ccccc1N=Nc1c(N=Nc2cc3c(O)c(c2)Cc2cccc(c2OCc2ccccc2)Cc2cccc(c2OCc2ccccc2)Cc2cccc(c2OCc2ccccc2)C3)n[nH]c1C. The molecule has 0 aliphatic heterocycles. The summed E-state index contributed by atoms with van der Waals surface area (Å²) in [7, 11) is 0. The number of azo groups is 2. The second-order valence-corrected chi connectivity index (χ2v) is 17.6. The molecule has 0 saturated carbocycles. The van der Waals surface area contributed by atoms with Crippen LogP contribution in [0.2, 0.25) is 0 Å². The Morgan fingerprint density at radius 1 is 0.443 bits per heavy atom. The highest BCUT2D eigenvalue weighted by Crippen LogP contribution is 2.41. The molecule has 1 heterocycles. The summed E-state index contributed by atoms with van der Waals surface area (Å²) in [6.45, 7) is 5.00. The zero-order chi connectivity index (χ0) is 47.7. The van der Waals surface area contributed by atoms with Crippen molar-refractivity contribution in [3.8, 4) is 23.0 Å². The third-order valence-electron chi connectivity index (χ3n) is 12.5. The molecule has 70 heavy (non-hydrogen) atoms. The van der Waals surface area contributed by atoms with Crippen molar-refractivity contribution in [2.24, 2.45) is 20.5 Å². The number of nitrogens with one attached hydrogen (secondary N) is 1. The third kappa shape index (κ3) is 10.6. The van der Waals surface area contributed by atoms with Crippen LogP contribution in [0, 0.1) is 13.8 Å². The number of para-hydroxylation sites is 3. The minimum atomic E-state index is 0.162. The minimum absolute atomic E-state index is 0.162. The number of phenolic OH excluding ortho intramolecular Hbond substituents is 1. The van der Waals surface area contributed by atoms with E-state index >= 15 is 0 Å². The van der Waals surface area contributed by atoms with Crippen LogP contribution in [0.4, 0.5) is 22.9 Å². The first kappa shape index (κ1) is 45.2. The van der Waals surface area contributed by atoms with E-state index in [0.29, 0.717) is 79.5 Å². The largest absolute Gasteiger partial charge is 0.507 e. The molecule has 0 radical (unpaired) electrons. The maximum absolute atomic E-state index is 12.5. The van der Waals surface area contributed by atoms with Crippen molar-refractivity contribution < 1.29 is 19.3 Å². The molecule has 9 aromatic rings. The molecule has 0 amide bonds. The van der Waals surface area contributed by atoms with Crippen LogP contribution in [0.15, 0.2) is 202 Å². The van der Waals surface area contributed by atoms with Crippen LogP contribution < -0.4 is 14.2 Å². The van der Waals surface area contributed by atoms with Gasteiger partial charge in [0.15, 0.2) is 5.69 Å². The number of aromatic amines is 1. The predicted molar refractivity (Wildman–Crippen MR) is 274 cm³/mol. The number of aryl methyl sites for hydroxylation is 2. The lowest BCUT2D eigenvalue weighted by atomic mass is 9.91. The third-order valence-corrected chi connectivity index (χ3v) is 12.5. The second kappa shape index (κ2) is 21.1. The molecule has 10 rings (SSSR count). The van der Waals surface area contributed by atoms with Crippen molar-refractivity contribution in [2.75, 3.05) is 0 Å². The fourth-order valence-electron chi connectivity index (χ4n) is 8.87. The van der Waals surface area contributed by atoms with Crippen LogP contribution in [0.25, 0.3) is 0 Å². The van der Waals surface area contributed by atoms with Gasteiger partial charge in [-0.2, -0.15) is 10.2 Å². The molecular formula is C60H52N6O4. The van der Waals surface area contributed by atoms with E-state index < -0.39 is 0 Å². The number of ether oxygens (including phenoxy) is 3. The number of hydrogen-bond acceptors (Lipinski definition) is 9. The summed E-state index contributed by atoms with van der Waals surface area (Å²) in [5, 5.41) is 38.4. The molecule has 0 atom stereocenters. The number of aromatic nitrogens is 2. The average Bonchev–Trinajstić information content (AvgIpc) is 3.74. The van der Waals surface area contributed by atoms with E-state index in [1.165, 1.54) is 0 Å². The number of nitrogens with zero attached hydrogens (tertiary/aromatic N) is 5. The van der Waals surface area contributed by atoms with E-state index in [9.17, 15) is 5.11 Å². The minimum Gasteiger partial charge on any atom is -0.507 e.